The Kier molecular flexibility index (Phi) is 4.08. The van der Waals surface area contributed by atoms with E-state index < -0.39 is 0 Å². The van der Waals surface area contributed by atoms with Gasteiger partial charge in [0.2, 0.25) is 0 Å². The number of nitrogens with two attached hydrogens (primary N) is 1. The summed E-state index contributed by atoms with van der Waals surface area (Å²) in [6.07, 6.45) is 0. The lowest BCUT2D eigenvalue weighted by atomic mass is 10.1. The Bertz CT molecular complexity index is 564. The Balaban J connectivity index is 2.25. The van der Waals surface area contributed by atoms with Crippen molar-refractivity contribution in [2.45, 2.75) is 0 Å². The average Bonchev–Trinajstić information content (AvgIpc) is 2.32. The van der Waals surface area contributed by atoms with Crippen LogP contribution in [0.5, 0.6) is 0 Å². The van der Waals surface area contributed by atoms with Crippen molar-refractivity contribution in [2.24, 2.45) is 0 Å². The van der Waals surface area contributed by atoms with Gasteiger partial charge in [-0.25, -0.2) is 0 Å². The van der Waals surface area contributed by atoms with Crippen molar-refractivity contribution in [3.63, 3.8) is 0 Å². The lowest BCUT2D eigenvalue weighted by Crippen LogP contribution is -2.14. The molecule has 0 aliphatic rings. The zero-order valence-corrected chi connectivity index (χ0v) is 12.2. The molecule has 18 heavy (non-hydrogen) atoms. The zero-order valence-electron chi connectivity index (χ0n) is 9.28. The van der Waals surface area contributed by atoms with Crippen molar-refractivity contribution in [3.8, 4) is 0 Å². The molecule has 92 valence electrons. The number of hydrogen-bond acceptors (Lipinski definition) is 2. The standard InChI is InChI=1S/C13H10ClIN2O/c14-10-2-1-3-11(16)12(10)13(18)17-9-6-4-8(15)5-7-9/h1-7H,16H2,(H,17,18). The van der Waals surface area contributed by atoms with Gasteiger partial charge in [0.1, 0.15) is 0 Å². The van der Waals surface area contributed by atoms with Crippen molar-refractivity contribution in [2.75, 3.05) is 11.1 Å². The van der Waals surface area contributed by atoms with Gasteiger partial charge in [-0.05, 0) is 59.0 Å². The molecule has 1 amide bonds. The lowest BCUT2D eigenvalue weighted by Gasteiger charge is -2.09. The third-order valence-corrected chi connectivity index (χ3v) is 3.41. The van der Waals surface area contributed by atoms with Gasteiger partial charge >= 0.3 is 0 Å². The molecule has 0 aromatic heterocycles. The first kappa shape index (κ1) is 13.2. The number of amides is 1. The number of hydrogen-bond donors (Lipinski definition) is 2. The van der Waals surface area contributed by atoms with Crippen molar-refractivity contribution in [3.05, 3.63) is 56.6 Å². The highest BCUT2D eigenvalue weighted by molar-refractivity contribution is 14.1. The van der Waals surface area contributed by atoms with Gasteiger partial charge < -0.3 is 11.1 Å². The SMILES string of the molecule is Nc1cccc(Cl)c1C(=O)Nc1ccc(I)cc1. The summed E-state index contributed by atoms with van der Waals surface area (Å²) in [6.45, 7) is 0. The van der Waals surface area contributed by atoms with E-state index in [2.05, 4.69) is 27.9 Å². The van der Waals surface area contributed by atoms with E-state index in [1.54, 1.807) is 18.2 Å². The van der Waals surface area contributed by atoms with Crippen LogP contribution >= 0.6 is 34.2 Å². The normalized spacial score (nSPS) is 10.1. The Morgan fingerprint density at radius 3 is 2.44 bits per heavy atom. The molecule has 5 heteroatoms. The topological polar surface area (TPSA) is 55.1 Å². The van der Waals surface area contributed by atoms with Crippen LogP contribution in [0.2, 0.25) is 5.02 Å². The molecule has 0 fully saturated rings. The number of nitrogens with one attached hydrogen (secondary N) is 1. The molecule has 0 spiro atoms. The second-order valence-electron chi connectivity index (χ2n) is 3.67. The second-order valence-corrected chi connectivity index (χ2v) is 5.32. The molecule has 0 aliphatic carbocycles. The van der Waals surface area contributed by atoms with Crippen molar-refractivity contribution in [1.82, 2.24) is 0 Å². The monoisotopic (exact) mass is 372 g/mol. The molecule has 0 saturated carbocycles. The van der Waals surface area contributed by atoms with Gasteiger partial charge in [-0.2, -0.15) is 0 Å². The maximum atomic E-state index is 12.1. The maximum Gasteiger partial charge on any atom is 0.259 e. The average molecular weight is 373 g/mol. The summed E-state index contributed by atoms with van der Waals surface area (Å²) in [5.74, 6) is -0.306. The summed E-state index contributed by atoms with van der Waals surface area (Å²) in [5, 5.41) is 3.11. The van der Waals surface area contributed by atoms with E-state index in [0.717, 1.165) is 3.57 Å². The van der Waals surface area contributed by atoms with Crippen molar-refractivity contribution >= 4 is 51.5 Å². The summed E-state index contributed by atoms with van der Waals surface area (Å²) in [7, 11) is 0. The Morgan fingerprint density at radius 2 is 1.83 bits per heavy atom. The zero-order chi connectivity index (χ0) is 13.1. The van der Waals surface area contributed by atoms with Crippen LogP contribution in [0, 0.1) is 3.57 Å². The molecule has 0 unspecified atom stereocenters. The fourth-order valence-corrected chi connectivity index (χ4v) is 2.13. The number of rotatable bonds is 2. The van der Waals surface area contributed by atoms with E-state index in [-0.39, 0.29) is 5.91 Å². The first-order chi connectivity index (χ1) is 8.58. The Labute approximate surface area is 123 Å². The van der Waals surface area contributed by atoms with Gasteiger partial charge in [-0.1, -0.05) is 17.7 Å². The fourth-order valence-electron chi connectivity index (χ4n) is 1.51. The van der Waals surface area contributed by atoms with E-state index in [0.29, 0.717) is 22.0 Å². The fraction of sp³-hybridized carbons (Fsp3) is 0. The summed E-state index contributed by atoms with van der Waals surface area (Å²) in [4.78, 5) is 12.1. The predicted molar refractivity (Wildman–Crippen MR) is 83.0 cm³/mol. The van der Waals surface area contributed by atoms with Crippen molar-refractivity contribution < 1.29 is 4.79 Å². The minimum atomic E-state index is -0.306. The number of anilines is 2. The third kappa shape index (κ3) is 2.94. The van der Waals surface area contributed by atoms with Gasteiger partial charge in [0, 0.05) is 14.9 Å². The van der Waals surface area contributed by atoms with Crippen LogP contribution in [0.4, 0.5) is 11.4 Å². The number of nitrogen functional groups attached to an aromatic ring is 1. The van der Waals surface area contributed by atoms with Gasteiger partial charge in [-0.15, -0.1) is 0 Å². The number of carbonyl (C=O) groups excluding carboxylic acids is 1. The summed E-state index contributed by atoms with van der Waals surface area (Å²) >= 11 is 8.17. The predicted octanol–water partition coefficient (Wildman–Crippen LogP) is 3.78. The summed E-state index contributed by atoms with van der Waals surface area (Å²) in [5.41, 5.74) is 7.13. The highest BCUT2D eigenvalue weighted by Crippen LogP contribution is 2.23. The second kappa shape index (κ2) is 5.58. The van der Waals surface area contributed by atoms with E-state index >= 15 is 0 Å². The summed E-state index contributed by atoms with van der Waals surface area (Å²) in [6, 6.07) is 12.5. The van der Waals surface area contributed by atoms with E-state index in [9.17, 15) is 4.79 Å². The van der Waals surface area contributed by atoms with Crippen LogP contribution in [0.3, 0.4) is 0 Å². The molecule has 0 bridgehead atoms. The molecule has 0 atom stereocenters. The molecule has 0 radical (unpaired) electrons. The minimum Gasteiger partial charge on any atom is -0.398 e. The van der Waals surface area contributed by atoms with Crippen LogP contribution in [-0.4, -0.2) is 5.91 Å². The van der Waals surface area contributed by atoms with Gasteiger partial charge in [0.25, 0.3) is 5.91 Å². The van der Waals surface area contributed by atoms with Gasteiger partial charge in [0.15, 0.2) is 0 Å². The maximum absolute atomic E-state index is 12.1. The molecule has 0 heterocycles. The molecule has 3 N–H and O–H groups in total. The largest absolute Gasteiger partial charge is 0.398 e. The highest BCUT2D eigenvalue weighted by atomic mass is 127. The van der Waals surface area contributed by atoms with Crippen molar-refractivity contribution in [1.29, 1.82) is 0 Å². The quantitative estimate of drug-likeness (QED) is 0.623. The van der Waals surface area contributed by atoms with E-state index in [1.165, 1.54) is 0 Å². The van der Waals surface area contributed by atoms with Gasteiger partial charge in [0.05, 0.1) is 10.6 Å². The molecule has 2 rings (SSSR count). The number of benzene rings is 2. The summed E-state index contributed by atoms with van der Waals surface area (Å²) < 4.78 is 1.10. The first-order valence-corrected chi connectivity index (χ1v) is 6.64. The van der Waals surface area contributed by atoms with E-state index in [4.69, 9.17) is 17.3 Å². The highest BCUT2D eigenvalue weighted by Gasteiger charge is 2.13. The van der Waals surface area contributed by atoms with Crippen LogP contribution in [0.15, 0.2) is 42.5 Å². The third-order valence-electron chi connectivity index (χ3n) is 2.37. The van der Waals surface area contributed by atoms with Crippen LogP contribution in [-0.2, 0) is 0 Å². The molecular weight excluding hydrogens is 363 g/mol. The van der Waals surface area contributed by atoms with Crippen LogP contribution in [0.25, 0.3) is 0 Å². The molecule has 0 aliphatic heterocycles. The van der Waals surface area contributed by atoms with Crippen LogP contribution in [0.1, 0.15) is 10.4 Å². The lowest BCUT2D eigenvalue weighted by molar-refractivity contribution is 0.102. The molecule has 2 aromatic rings. The van der Waals surface area contributed by atoms with Gasteiger partial charge in [-0.3, -0.25) is 4.79 Å². The minimum absolute atomic E-state index is 0.303. The Morgan fingerprint density at radius 1 is 1.17 bits per heavy atom. The Hall–Kier alpha value is -1.27. The number of halogens is 2. The smallest absolute Gasteiger partial charge is 0.259 e. The van der Waals surface area contributed by atoms with E-state index in [1.807, 2.05) is 24.3 Å². The molecule has 2 aromatic carbocycles. The van der Waals surface area contributed by atoms with Crippen LogP contribution < -0.4 is 11.1 Å². The number of carbonyl (C=O) groups is 1. The molecule has 3 nitrogen and oxygen atoms in total. The first-order valence-electron chi connectivity index (χ1n) is 5.19. The molecule has 0 saturated heterocycles. The molecular formula is C13H10ClIN2O.